The average molecular weight is 368 g/mol. The summed E-state index contributed by atoms with van der Waals surface area (Å²) in [5.41, 5.74) is 0.958. The van der Waals surface area contributed by atoms with Crippen molar-refractivity contribution < 1.29 is 22.7 Å². The molecule has 1 aromatic heterocycles. The van der Waals surface area contributed by atoms with Gasteiger partial charge in [-0.1, -0.05) is 6.07 Å². The van der Waals surface area contributed by atoms with Gasteiger partial charge in [0, 0.05) is 38.0 Å². The Morgan fingerprint density at radius 2 is 2.20 bits per heavy atom. The number of likely N-dealkylation sites (tertiary alicyclic amines) is 1. The highest BCUT2D eigenvalue weighted by Crippen LogP contribution is 2.44. The molecule has 3 heterocycles. The SMILES string of the molecule is CCOCC(=O)N1CC2(C1)C(COCc1cccnc1)CCS2(=O)=O. The Morgan fingerprint density at radius 3 is 2.88 bits per heavy atom. The summed E-state index contributed by atoms with van der Waals surface area (Å²) in [6, 6.07) is 3.76. The number of hydrogen-bond acceptors (Lipinski definition) is 6. The number of pyridine rings is 1. The lowest BCUT2D eigenvalue weighted by Gasteiger charge is -2.49. The number of rotatable bonds is 7. The van der Waals surface area contributed by atoms with Gasteiger partial charge in [0.25, 0.3) is 0 Å². The molecule has 1 unspecified atom stereocenters. The monoisotopic (exact) mass is 368 g/mol. The zero-order chi connectivity index (χ0) is 17.9. The van der Waals surface area contributed by atoms with Crippen LogP contribution in [0.5, 0.6) is 0 Å². The summed E-state index contributed by atoms with van der Waals surface area (Å²) in [4.78, 5) is 17.6. The normalized spacial score (nSPS) is 23.6. The van der Waals surface area contributed by atoms with Crippen molar-refractivity contribution in [3.63, 3.8) is 0 Å². The Kier molecular flexibility index (Phi) is 5.41. The lowest BCUT2D eigenvalue weighted by atomic mass is 9.83. The Hall–Kier alpha value is -1.51. The van der Waals surface area contributed by atoms with Crippen LogP contribution in [0.1, 0.15) is 18.9 Å². The molecule has 1 aromatic rings. The molecule has 2 fully saturated rings. The van der Waals surface area contributed by atoms with Crippen LogP contribution in [0.3, 0.4) is 0 Å². The van der Waals surface area contributed by atoms with Gasteiger partial charge in [-0.25, -0.2) is 8.42 Å². The molecule has 0 saturated carbocycles. The molecule has 2 saturated heterocycles. The molecule has 7 nitrogen and oxygen atoms in total. The third kappa shape index (κ3) is 3.56. The van der Waals surface area contributed by atoms with Crippen molar-refractivity contribution >= 4 is 15.7 Å². The predicted octanol–water partition coefficient (Wildman–Crippen LogP) is 0.650. The zero-order valence-electron chi connectivity index (χ0n) is 14.4. The topological polar surface area (TPSA) is 85.8 Å². The molecule has 138 valence electrons. The Balaban J connectivity index is 1.58. The second-order valence-electron chi connectivity index (χ2n) is 6.63. The Bertz CT molecular complexity index is 701. The van der Waals surface area contributed by atoms with Gasteiger partial charge in [-0.05, 0) is 25.0 Å². The molecule has 1 atom stereocenters. The van der Waals surface area contributed by atoms with Gasteiger partial charge in [0.1, 0.15) is 11.4 Å². The van der Waals surface area contributed by atoms with Crippen molar-refractivity contribution in [2.24, 2.45) is 5.92 Å². The van der Waals surface area contributed by atoms with E-state index in [1.807, 2.05) is 19.1 Å². The van der Waals surface area contributed by atoms with E-state index < -0.39 is 14.6 Å². The summed E-state index contributed by atoms with van der Waals surface area (Å²) >= 11 is 0. The Morgan fingerprint density at radius 1 is 1.40 bits per heavy atom. The van der Waals surface area contributed by atoms with Gasteiger partial charge in [0.2, 0.25) is 5.91 Å². The second-order valence-corrected chi connectivity index (χ2v) is 9.08. The summed E-state index contributed by atoms with van der Waals surface area (Å²) in [6.45, 7) is 3.59. The lowest BCUT2D eigenvalue weighted by Crippen LogP contribution is -2.69. The highest BCUT2D eigenvalue weighted by atomic mass is 32.2. The number of ether oxygens (including phenoxy) is 2. The second kappa shape index (κ2) is 7.39. The summed E-state index contributed by atoms with van der Waals surface area (Å²) in [6.07, 6.45) is 4.02. The lowest BCUT2D eigenvalue weighted by molar-refractivity contribution is -0.142. The minimum absolute atomic E-state index is 0.00873. The first-order valence-corrected chi connectivity index (χ1v) is 10.2. The molecule has 0 radical (unpaired) electrons. The first kappa shape index (κ1) is 18.3. The highest BCUT2D eigenvalue weighted by Gasteiger charge is 2.62. The molecule has 0 N–H and O–H groups in total. The van der Waals surface area contributed by atoms with Crippen LogP contribution in [0, 0.1) is 5.92 Å². The van der Waals surface area contributed by atoms with Crippen LogP contribution in [0.25, 0.3) is 0 Å². The molecule has 8 heteroatoms. The van der Waals surface area contributed by atoms with Crippen LogP contribution in [-0.2, 0) is 30.7 Å². The van der Waals surface area contributed by atoms with E-state index in [0.29, 0.717) is 26.2 Å². The number of sulfone groups is 1. The number of aromatic nitrogens is 1. The molecule has 1 spiro atoms. The van der Waals surface area contributed by atoms with Crippen molar-refractivity contribution in [3.8, 4) is 0 Å². The molecule has 0 aliphatic carbocycles. The first-order valence-electron chi connectivity index (χ1n) is 8.53. The minimum atomic E-state index is -3.21. The van der Waals surface area contributed by atoms with E-state index in [-0.39, 0.29) is 37.3 Å². The number of carbonyl (C=O) groups excluding carboxylic acids is 1. The number of amides is 1. The van der Waals surface area contributed by atoms with E-state index in [4.69, 9.17) is 9.47 Å². The maximum Gasteiger partial charge on any atom is 0.248 e. The van der Waals surface area contributed by atoms with E-state index in [1.165, 1.54) is 0 Å². The fraction of sp³-hybridized carbons (Fsp3) is 0.647. The summed E-state index contributed by atoms with van der Waals surface area (Å²) in [7, 11) is -3.21. The van der Waals surface area contributed by atoms with E-state index in [2.05, 4.69) is 4.98 Å². The van der Waals surface area contributed by atoms with E-state index in [0.717, 1.165) is 5.56 Å². The van der Waals surface area contributed by atoms with Gasteiger partial charge in [-0.3, -0.25) is 9.78 Å². The van der Waals surface area contributed by atoms with Gasteiger partial charge in [0.05, 0.1) is 19.0 Å². The third-order valence-electron chi connectivity index (χ3n) is 5.11. The fourth-order valence-corrected chi connectivity index (χ4v) is 5.97. The van der Waals surface area contributed by atoms with Crippen LogP contribution >= 0.6 is 0 Å². The molecule has 2 aliphatic rings. The van der Waals surface area contributed by atoms with Gasteiger partial charge < -0.3 is 14.4 Å². The Labute approximate surface area is 148 Å². The maximum absolute atomic E-state index is 12.6. The van der Waals surface area contributed by atoms with Crippen LogP contribution < -0.4 is 0 Å². The van der Waals surface area contributed by atoms with Crippen LogP contribution in [0.15, 0.2) is 24.5 Å². The van der Waals surface area contributed by atoms with Crippen molar-refractivity contribution in [2.45, 2.75) is 24.7 Å². The molecular weight excluding hydrogens is 344 g/mol. The summed E-state index contributed by atoms with van der Waals surface area (Å²) in [5, 5.41) is 0. The number of hydrogen-bond donors (Lipinski definition) is 0. The molecule has 25 heavy (non-hydrogen) atoms. The predicted molar refractivity (Wildman–Crippen MR) is 91.6 cm³/mol. The molecule has 2 aliphatic heterocycles. The van der Waals surface area contributed by atoms with E-state index in [1.54, 1.807) is 17.3 Å². The van der Waals surface area contributed by atoms with Gasteiger partial charge >= 0.3 is 0 Å². The summed E-state index contributed by atoms with van der Waals surface area (Å²) < 4.78 is 35.2. The van der Waals surface area contributed by atoms with E-state index >= 15 is 0 Å². The standard InChI is InChI=1S/C17H24N2O5S/c1-2-23-11-16(20)19-12-17(13-19)15(5-7-25(17,21)22)10-24-9-14-4-3-6-18-8-14/h3-4,6,8,15H,2,5,7,9-13H2,1H3. The molecule has 0 bridgehead atoms. The highest BCUT2D eigenvalue weighted by molar-refractivity contribution is 7.93. The smallest absolute Gasteiger partial charge is 0.248 e. The van der Waals surface area contributed by atoms with Gasteiger partial charge in [0.15, 0.2) is 9.84 Å². The third-order valence-corrected chi connectivity index (χ3v) is 7.71. The van der Waals surface area contributed by atoms with Crippen LogP contribution in [-0.4, -0.2) is 67.6 Å². The molecule has 0 aromatic carbocycles. The average Bonchev–Trinajstić information content (AvgIpc) is 2.83. The molecule has 1 amide bonds. The van der Waals surface area contributed by atoms with Crippen LogP contribution in [0.2, 0.25) is 0 Å². The van der Waals surface area contributed by atoms with Crippen molar-refractivity contribution in [2.75, 3.05) is 38.7 Å². The quantitative estimate of drug-likeness (QED) is 0.702. The largest absolute Gasteiger partial charge is 0.376 e. The first-order chi connectivity index (χ1) is 12.0. The van der Waals surface area contributed by atoms with Gasteiger partial charge in [-0.15, -0.1) is 0 Å². The minimum Gasteiger partial charge on any atom is -0.376 e. The van der Waals surface area contributed by atoms with Gasteiger partial charge in [-0.2, -0.15) is 0 Å². The molecule has 3 rings (SSSR count). The molecular formula is C17H24N2O5S. The maximum atomic E-state index is 12.6. The van der Waals surface area contributed by atoms with Crippen molar-refractivity contribution in [1.82, 2.24) is 9.88 Å². The number of nitrogens with zero attached hydrogens (tertiary/aromatic N) is 2. The van der Waals surface area contributed by atoms with Crippen molar-refractivity contribution in [1.29, 1.82) is 0 Å². The fourth-order valence-electron chi connectivity index (χ4n) is 3.57. The van der Waals surface area contributed by atoms with Crippen molar-refractivity contribution in [3.05, 3.63) is 30.1 Å². The van der Waals surface area contributed by atoms with E-state index in [9.17, 15) is 13.2 Å². The van der Waals surface area contributed by atoms with Crippen LogP contribution in [0.4, 0.5) is 0 Å². The zero-order valence-corrected chi connectivity index (χ0v) is 15.2. The summed E-state index contributed by atoms with van der Waals surface area (Å²) in [5.74, 6) is -0.0589. The number of carbonyl (C=O) groups is 1.